The molecule has 0 rings (SSSR count). The SMILES string of the molecule is CCCCCCCCC(O)C(CCCCCCCC(=O)NCCC(CCN(CC(=O)O)CC(=O)O)CC(=O)O)NCCC(CCC(CC=O)CC=O)CC(=O)O. The van der Waals surface area contributed by atoms with Crippen LogP contribution in [-0.4, -0.2) is 118 Å². The third-order valence-corrected chi connectivity index (χ3v) is 10.4. The Balaban J connectivity index is 4.82. The average Bonchev–Trinajstić information content (AvgIpc) is 3.11. The number of carboxylic acid groups (broad SMARTS) is 4. The Kier molecular flexibility index (Phi) is 32.7. The van der Waals surface area contributed by atoms with Crippen LogP contribution in [0, 0.1) is 17.8 Å². The van der Waals surface area contributed by atoms with Crippen molar-refractivity contribution in [3.05, 3.63) is 0 Å². The number of carbonyl (C=O) groups excluding carboxylic acids is 3. The van der Waals surface area contributed by atoms with E-state index in [0.29, 0.717) is 51.5 Å². The number of hydrogen-bond donors (Lipinski definition) is 7. The first-order valence-electron chi connectivity index (χ1n) is 21.0. The molecule has 0 aromatic carbocycles. The third-order valence-electron chi connectivity index (χ3n) is 10.4. The van der Waals surface area contributed by atoms with Gasteiger partial charge in [-0.3, -0.25) is 28.9 Å². The van der Waals surface area contributed by atoms with E-state index in [0.717, 1.165) is 63.9 Å². The van der Waals surface area contributed by atoms with E-state index in [-0.39, 0.29) is 74.9 Å². The van der Waals surface area contributed by atoms with Gasteiger partial charge in [-0.15, -0.1) is 0 Å². The van der Waals surface area contributed by atoms with Gasteiger partial charge in [-0.2, -0.15) is 0 Å². The van der Waals surface area contributed by atoms with Gasteiger partial charge in [-0.1, -0.05) is 71.1 Å². The van der Waals surface area contributed by atoms with Crippen molar-refractivity contribution < 1.29 is 59.1 Å². The van der Waals surface area contributed by atoms with Gasteiger partial charge in [-0.25, -0.2) is 0 Å². The zero-order valence-corrected chi connectivity index (χ0v) is 33.9. The molecular weight excluding hydrogens is 726 g/mol. The molecule has 0 saturated heterocycles. The first-order chi connectivity index (χ1) is 26.8. The van der Waals surface area contributed by atoms with Crippen LogP contribution in [0.5, 0.6) is 0 Å². The standard InChI is InChI=1S/C41H73N3O12/c1-2-3-4-5-8-11-14-36(47)35(42-23-18-33(28-38(49)50)17-16-32(21-26-45)22-27-46)13-10-7-6-9-12-15-37(48)43-24-19-34(29-39(51)52)20-25-44(30-40(53)54)31-41(55)56/h26-27,32-36,42,47H,2-25,28-31H2,1H3,(H,43,48)(H,49,50)(H,51,52)(H,53,54)(H,55,56). The molecule has 0 radical (unpaired) electrons. The fourth-order valence-electron chi connectivity index (χ4n) is 7.15. The van der Waals surface area contributed by atoms with Crippen molar-refractivity contribution in [2.24, 2.45) is 17.8 Å². The fourth-order valence-corrected chi connectivity index (χ4v) is 7.15. The van der Waals surface area contributed by atoms with E-state index in [4.69, 9.17) is 10.2 Å². The molecule has 56 heavy (non-hydrogen) atoms. The molecule has 15 nitrogen and oxygen atoms in total. The molecule has 0 heterocycles. The molecule has 0 bridgehead atoms. The summed E-state index contributed by atoms with van der Waals surface area (Å²) in [5.74, 6) is -4.91. The maximum Gasteiger partial charge on any atom is 0.317 e. The van der Waals surface area contributed by atoms with Gasteiger partial charge in [0.25, 0.3) is 0 Å². The minimum absolute atomic E-state index is 0.00997. The van der Waals surface area contributed by atoms with E-state index in [1.54, 1.807) is 0 Å². The quantitative estimate of drug-likeness (QED) is 0.0306. The second kappa shape index (κ2) is 34.8. The maximum absolute atomic E-state index is 12.4. The number of amides is 1. The lowest BCUT2D eigenvalue weighted by Crippen LogP contribution is -2.41. The van der Waals surface area contributed by atoms with Crippen LogP contribution in [0.4, 0.5) is 0 Å². The van der Waals surface area contributed by atoms with Crippen LogP contribution in [0.15, 0.2) is 0 Å². The molecule has 0 aliphatic heterocycles. The summed E-state index contributed by atoms with van der Waals surface area (Å²) in [6.07, 6.45) is 16.8. The van der Waals surface area contributed by atoms with Crippen molar-refractivity contribution in [3.8, 4) is 0 Å². The summed E-state index contributed by atoms with van der Waals surface area (Å²) in [6.45, 7) is 2.19. The fraction of sp³-hybridized carbons (Fsp3) is 0.829. The third kappa shape index (κ3) is 31.7. The number of hydrogen-bond acceptors (Lipinski definition) is 10. The number of carbonyl (C=O) groups is 7. The molecule has 0 spiro atoms. The molecule has 4 atom stereocenters. The Morgan fingerprint density at radius 2 is 1.07 bits per heavy atom. The molecule has 0 aromatic rings. The molecule has 0 aliphatic carbocycles. The highest BCUT2D eigenvalue weighted by atomic mass is 16.4. The number of aldehydes is 2. The van der Waals surface area contributed by atoms with Crippen LogP contribution in [0.2, 0.25) is 0 Å². The highest BCUT2D eigenvalue weighted by Crippen LogP contribution is 2.23. The highest BCUT2D eigenvalue weighted by molar-refractivity contribution is 5.75. The van der Waals surface area contributed by atoms with E-state index < -0.39 is 43.1 Å². The van der Waals surface area contributed by atoms with Crippen LogP contribution < -0.4 is 10.6 Å². The van der Waals surface area contributed by atoms with Crippen molar-refractivity contribution in [1.29, 1.82) is 0 Å². The molecular formula is C41H73N3O12. The number of rotatable bonds is 41. The summed E-state index contributed by atoms with van der Waals surface area (Å²) in [5.41, 5.74) is 0. The molecule has 15 heteroatoms. The Bertz CT molecular complexity index is 1080. The minimum atomic E-state index is -1.17. The number of carboxylic acids is 4. The molecule has 0 aromatic heterocycles. The van der Waals surface area contributed by atoms with E-state index in [1.807, 2.05) is 0 Å². The van der Waals surface area contributed by atoms with Gasteiger partial charge in [0.1, 0.15) is 12.6 Å². The first-order valence-corrected chi connectivity index (χ1v) is 21.0. The largest absolute Gasteiger partial charge is 0.481 e. The van der Waals surface area contributed by atoms with E-state index in [2.05, 4.69) is 17.6 Å². The first kappa shape index (κ1) is 52.6. The Morgan fingerprint density at radius 1 is 0.571 bits per heavy atom. The number of aliphatic hydroxyl groups is 1. The van der Waals surface area contributed by atoms with Gasteiger partial charge in [0.15, 0.2) is 0 Å². The van der Waals surface area contributed by atoms with Crippen LogP contribution in [-0.2, 0) is 33.6 Å². The average molecular weight is 800 g/mol. The topological polar surface area (TPSA) is 248 Å². The smallest absolute Gasteiger partial charge is 0.317 e. The van der Waals surface area contributed by atoms with Gasteiger partial charge >= 0.3 is 23.9 Å². The van der Waals surface area contributed by atoms with Crippen molar-refractivity contribution in [2.45, 2.75) is 167 Å². The van der Waals surface area contributed by atoms with Crippen molar-refractivity contribution in [2.75, 3.05) is 32.7 Å². The Hall–Kier alpha value is -3.43. The summed E-state index contributed by atoms with van der Waals surface area (Å²) in [4.78, 5) is 80.7. The van der Waals surface area contributed by atoms with Crippen molar-refractivity contribution in [1.82, 2.24) is 15.5 Å². The predicted molar refractivity (Wildman–Crippen MR) is 212 cm³/mol. The molecule has 0 fully saturated rings. The summed E-state index contributed by atoms with van der Waals surface area (Å²) in [6, 6.07) is -0.123. The lowest BCUT2D eigenvalue weighted by atomic mass is 9.88. The van der Waals surface area contributed by atoms with E-state index >= 15 is 0 Å². The second-order valence-corrected chi connectivity index (χ2v) is 15.4. The summed E-state index contributed by atoms with van der Waals surface area (Å²) in [5, 5.41) is 54.3. The lowest BCUT2D eigenvalue weighted by Gasteiger charge is -2.26. The number of nitrogens with one attached hydrogen (secondary N) is 2. The normalized spacial score (nSPS) is 13.6. The zero-order valence-electron chi connectivity index (χ0n) is 33.9. The van der Waals surface area contributed by atoms with E-state index in [1.165, 1.54) is 24.2 Å². The highest BCUT2D eigenvalue weighted by Gasteiger charge is 2.22. The number of aliphatic carboxylic acids is 4. The van der Waals surface area contributed by atoms with Gasteiger partial charge in [0.05, 0.1) is 19.2 Å². The van der Waals surface area contributed by atoms with Gasteiger partial charge < -0.3 is 45.8 Å². The van der Waals surface area contributed by atoms with Gasteiger partial charge in [0, 0.05) is 44.7 Å². The minimum Gasteiger partial charge on any atom is -0.481 e. The monoisotopic (exact) mass is 800 g/mol. The van der Waals surface area contributed by atoms with Crippen molar-refractivity contribution in [3.63, 3.8) is 0 Å². The molecule has 0 saturated carbocycles. The summed E-state index contributed by atoms with van der Waals surface area (Å²) in [7, 11) is 0. The van der Waals surface area contributed by atoms with Crippen LogP contribution in [0.25, 0.3) is 0 Å². The number of aliphatic hydroxyl groups excluding tert-OH is 1. The Morgan fingerprint density at radius 3 is 1.62 bits per heavy atom. The summed E-state index contributed by atoms with van der Waals surface area (Å²) < 4.78 is 0. The molecule has 0 aliphatic rings. The van der Waals surface area contributed by atoms with Gasteiger partial charge in [-0.05, 0) is 82.2 Å². The zero-order chi connectivity index (χ0) is 42.0. The molecule has 1 amide bonds. The maximum atomic E-state index is 12.4. The Labute approximate surface area is 333 Å². The molecule has 7 N–H and O–H groups in total. The van der Waals surface area contributed by atoms with Crippen LogP contribution >= 0.6 is 0 Å². The van der Waals surface area contributed by atoms with Gasteiger partial charge in [0.2, 0.25) is 5.91 Å². The predicted octanol–water partition coefficient (Wildman–Crippen LogP) is 5.30. The van der Waals surface area contributed by atoms with Crippen LogP contribution in [0.1, 0.15) is 155 Å². The van der Waals surface area contributed by atoms with E-state index in [9.17, 15) is 48.9 Å². The number of unbranched alkanes of at least 4 members (excludes halogenated alkanes) is 9. The lowest BCUT2D eigenvalue weighted by molar-refractivity contribution is -0.143. The van der Waals surface area contributed by atoms with Crippen molar-refractivity contribution >= 4 is 42.4 Å². The molecule has 324 valence electrons. The second-order valence-electron chi connectivity index (χ2n) is 15.4. The molecule has 4 unspecified atom stereocenters. The summed E-state index contributed by atoms with van der Waals surface area (Å²) >= 11 is 0. The van der Waals surface area contributed by atoms with Crippen LogP contribution in [0.3, 0.4) is 0 Å². The number of nitrogens with zero attached hydrogens (tertiary/aromatic N) is 1.